The smallest absolute Gasteiger partial charge is 0.301 e. The molecule has 1 aromatic rings. The second-order valence-corrected chi connectivity index (χ2v) is 7.48. The molecule has 1 aliphatic rings. The summed E-state index contributed by atoms with van der Waals surface area (Å²) in [6.45, 7) is 0.912. The van der Waals surface area contributed by atoms with Gasteiger partial charge in [0.25, 0.3) is 0 Å². The molecule has 1 fully saturated rings. The zero-order valence-electron chi connectivity index (χ0n) is 10.5. The molecule has 3 N–H and O–H groups in total. The third-order valence-corrected chi connectivity index (χ3v) is 5.56. The van der Waals surface area contributed by atoms with E-state index in [9.17, 15) is 8.42 Å². The molecule has 1 aromatic carbocycles. The van der Waals surface area contributed by atoms with Gasteiger partial charge >= 0.3 is 10.2 Å². The number of rotatable bonds is 4. The average Bonchev–Trinajstić information content (AvgIpc) is 2.41. The van der Waals surface area contributed by atoms with Crippen molar-refractivity contribution in [1.29, 1.82) is 0 Å². The quantitative estimate of drug-likeness (QED) is 0.763. The Morgan fingerprint density at radius 3 is 2.63 bits per heavy atom. The average molecular weight is 395 g/mol. The molecular weight excluding hydrogens is 377 g/mol. The van der Waals surface area contributed by atoms with Gasteiger partial charge in [-0.1, -0.05) is 6.42 Å². The van der Waals surface area contributed by atoms with Crippen molar-refractivity contribution in [1.82, 2.24) is 4.31 Å². The van der Waals surface area contributed by atoms with E-state index in [-0.39, 0.29) is 6.04 Å². The summed E-state index contributed by atoms with van der Waals surface area (Å²) in [5.74, 6) is 0. The van der Waals surface area contributed by atoms with Crippen LogP contribution in [0.15, 0.2) is 24.3 Å². The van der Waals surface area contributed by atoms with Gasteiger partial charge in [0.2, 0.25) is 0 Å². The summed E-state index contributed by atoms with van der Waals surface area (Å²) in [7, 11) is -3.51. The summed E-state index contributed by atoms with van der Waals surface area (Å²) in [5, 5.41) is 0. The fraction of sp³-hybridized carbons (Fsp3) is 0.500. The second-order valence-electron chi connectivity index (χ2n) is 4.61. The molecule has 106 valence electrons. The van der Waals surface area contributed by atoms with E-state index < -0.39 is 10.2 Å². The zero-order valence-corrected chi connectivity index (χ0v) is 13.5. The number of nitrogens with two attached hydrogens (primary N) is 1. The minimum Gasteiger partial charge on any atom is -0.329 e. The number of halogens is 1. The van der Waals surface area contributed by atoms with Gasteiger partial charge < -0.3 is 5.73 Å². The van der Waals surface area contributed by atoms with E-state index in [0.717, 1.165) is 22.8 Å². The zero-order chi connectivity index (χ0) is 13.9. The predicted octanol–water partition coefficient (Wildman–Crippen LogP) is 1.76. The van der Waals surface area contributed by atoms with Crippen LogP contribution in [0.25, 0.3) is 0 Å². The molecule has 2 rings (SSSR count). The molecule has 1 saturated heterocycles. The Hall–Kier alpha value is -0.380. The fourth-order valence-electron chi connectivity index (χ4n) is 2.25. The fourth-order valence-corrected chi connectivity index (χ4v) is 4.12. The van der Waals surface area contributed by atoms with Crippen LogP contribution in [0.1, 0.15) is 19.3 Å². The standard InChI is InChI=1S/C12H18IN3O2S/c13-10-4-6-11(7-5-10)15-19(17,18)16-8-2-1-3-12(16)9-14/h4-7,12,15H,1-3,8-9,14H2. The highest BCUT2D eigenvalue weighted by molar-refractivity contribution is 14.1. The molecule has 0 amide bonds. The van der Waals surface area contributed by atoms with Crippen molar-refractivity contribution in [2.45, 2.75) is 25.3 Å². The van der Waals surface area contributed by atoms with Gasteiger partial charge in [0.1, 0.15) is 0 Å². The molecule has 19 heavy (non-hydrogen) atoms. The maximum atomic E-state index is 12.4. The molecule has 0 spiro atoms. The third kappa shape index (κ3) is 3.80. The first kappa shape index (κ1) is 15.0. The normalized spacial score (nSPS) is 21.3. The molecule has 7 heteroatoms. The van der Waals surface area contributed by atoms with E-state index in [0.29, 0.717) is 18.8 Å². The number of piperidine rings is 1. The molecule has 0 aliphatic carbocycles. The molecule has 5 nitrogen and oxygen atoms in total. The summed E-state index contributed by atoms with van der Waals surface area (Å²) in [6.07, 6.45) is 2.77. The second kappa shape index (κ2) is 6.38. The highest BCUT2D eigenvalue weighted by Gasteiger charge is 2.31. The predicted molar refractivity (Wildman–Crippen MR) is 85.1 cm³/mol. The summed E-state index contributed by atoms with van der Waals surface area (Å²) in [4.78, 5) is 0. The molecule has 1 heterocycles. The molecule has 0 aromatic heterocycles. The van der Waals surface area contributed by atoms with Crippen molar-refractivity contribution >= 4 is 38.5 Å². The van der Waals surface area contributed by atoms with Crippen LogP contribution in [0, 0.1) is 3.57 Å². The van der Waals surface area contributed by atoms with Crippen LogP contribution in [0.2, 0.25) is 0 Å². The molecule has 1 aliphatic heterocycles. The topological polar surface area (TPSA) is 75.4 Å². The van der Waals surface area contributed by atoms with Gasteiger partial charge in [-0.15, -0.1) is 0 Å². The van der Waals surface area contributed by atoms with Gasteiger partial charge in [-0.25, -0.2) is 0 Å². The van der Waals surface area contributed by atoms with E-state index in [1.165, 1.54) is 4.31 Å². The number of nitrogens with zero attached hydrogens (tertiary/aromatic N) is 1. The largest absolute Gasteiger partial charge is 0.329 e. The van der Waals surface area contributed by atoms with Crippen molar-refractivity contribution in [3.05, 3.63) is 27.8 Å². The van der Waals surface area contributed by atoms with Crippen molar-refractivity contribution in [3.8, 4) is 0 Å². The van der Waals surface area contributed by atoms with Crippen LogP contribution in [0.5, 0.6) is 0 Å². The highest BCUT2D eigenvalue weighted by Crippen LogP contribution is 2.21. The van der Waals surface area contributed by atoms with Crippen LogP contribution in [0.4, 0.5) is 5.69 Å². The van der Waals surface area contributed by atoms with Crippen molar-refractivity contribution in [3.63, 3.8) is 0 Å². The van der Waals surface area contributed by atoms with Gasteiger partial charge in [0.15, 0.2) is 0 Å². The van der Waals surface area contributed by atoms with E-state index in [2.05, 4.69) is 27.3 Å². The minimum absolute atomic E-state index is 0.0879. The summed E-state index contributed by atoms with van der Waals surface area (Å²) in [5.41, 5.74) is 6.25. The third-order valence-electron chi connectivity index (χ3n) is 3.24. The van der Waals surface area contributed by atoms with Gasteiger partial charge in [0.05, 0.1) is 0 Å². The van der Waals surface area contributed by atoms with Crippen LogP contribution >= 0.6 is 22.6 Å². The molecular formula is C12H18IN3O2S. The maximum absolute atomic E-state index is 12.4. The lowest BCUT2D eigenvalue weighted by atomic mass is 10.1. The first-order valence-electron chi connectivity index (χ1n) is 6.28. The maximum Gasteiger partial charge on any atom is 0.301 e. The molecule has 1 unspecified atom stereocenters. The van der Waals surface area contributed by atoms with Gasteiger partial charge in [-0.05, 0) is 59.7 Å². The number of hydrogen-bond donors (Lipinski definition) is 2. The number of nitrogens with one attached hydrogen (secondary N) is 1. The summed E-state index contributed by atoms with van der Waals surface area (Å²) in [6, 6.07) is 7.18. The lowest BCUT2D eigenvalue weighted by Gasteiger charge is -2.33. The highest BCUT2D eigenvalue weighted by atomic mass is 127. The Kier molecular flexibility index (Phi) is 5.04. The molecule has 0 saturated carbocycles. The Bertz CT molecular complexity index is 518. The van der Waals surface area contributed by atoms with Crippen LogP contribution in [-0.2, 0) is 10.2 Å². The lowest BCUT2D eigenvalue weighted by molar-refractivity contribution is 0.259. The van der Waals surface area contributed by atoms with Crippen molar-refractivity contribution < 1.29 is 8.42 Å². The van der Waals surface area contributed by atoms with Crippen molar-refractivity contribution in [2.75, 3.05) is 17.8 Å². The van der Waals surface area contributed by atoms with E-state index in [1.807, 2.05) is 12.1 Å². The van der Waals surface area contributed by atoms with E-state index in [4.69, 9.17) is 5.73 Å². The lowest BCUT2D eigenvalue weighted by Crippen LogP contribution is -2.49. The van der Waals surface area contributed by atoms with E-state index in [1.54, 1.807) is 12.1 Å². The first-order valence-corrected chi connectivity index (χ1v) is 8.80. The SMILES string of the molecule is NCC1CCCCN1S(=O)(=O)Nc1ccc(I)cc1. The Morgan fingerprint density at radius 1 is 1.32 bits per heavy atom. The minimum atomic E-state index is -3.51. The Labute approximate surface area is 127 Å². The van der Waals surface area contributed by atoms with Crippen molar-refractivity contribution in [2.24, 2.45) is 5.73 Å². The molecule has 0 radical (unpaired) electrons. The Balaban J connectivity index is 2.14. The number of hydrogen-bond acceptors (Lipinski definition) is 3. The van der Waals surface area contributed by atoms with Crippen LogP contribution in [-0.4, -0.2) is 31.9 Å². The molecule has 1 atom stereocenters. The number of benzene rings is 1. The monoisotopic (exact) mass is 395 g/mol. The molecule has 0 bridgehead atoms. The van der Waals surface area contributed by atoms with Gasteiger partial charge in [-0.2, -0.15) is 12.7 Å². The van der Waals surface area contributed by atoms with Crippen LogP contribution in [0.3, 0.4) is 0 Å². The summed E-state index contributed by atoms with van der Waals surface area (Å²) < 4.78 is 29.9. The first-order chi connectivity index (χ1) is 9.03. The van der Waals surface area contributed by atoms with E-state index >= 15 is 0 Å². The summed E-state index contributed by atoms with van der Waals surface area (Å²) >= 11 is 2.18. The van der Waals surface area contributed by atoms with Crippen LogP contribution < -0.4 is 10.5 Å². The Morgan fingerprint density at radius 2 is 2.00 bits per heavy atom. The van der Waals surface area contributed by atoms with Gasteiger partial charge in [0, 0.05) is 28.4 Å². The van der Waals surface area contributed by atoms with Gasteiger partial charge in [-0.3, -0.25) is 4.72 Å². The number of anilines is 1.